The lowest BCUT2D eigenvalue weighted by atomic mass is 10.1. The van der Waals surface area contributed by atoms with E-state index in [0.29, 0.717) is 18.2 Å². The number of carbonyl (C=O) groups excluding carboxylic acids is 1. The zero-order valence-corrected chi connectivity index (χ0v) is 18.1. The number of nitrogens with zero attached hydrogens (tertiary/aromatic N) is 2. The molecule has 0 aliphatic carbocycles. The predicted molar refractivity (Wildman–Crippen MR) is 119 cm³/mol. The Labute approximate surface area is 181 Å². The van der Waals surface area contributed by atoms with Crippen LogP contribution in [-0.4, -0.2) is 29.0 Å². The number of aryl methyl sites for hydroxylation is 2. The highest BCUT2D eigenvalue weighted by atomic mass is 35.5. The second kappa shape index (κ2) is 10.1. The zero-order valence-electron chi connectivity index (χ0n) is 17.4. The molecule has 0 saturated carbocycles. The molecule has 0 N–H and O–H groups in total. The number of halogens is 1. The molecule has 0 spiro atoms. The van der Waals surface area contributed by atoms with Crippen molar-refractivity contribution in [3.8, 4) is 5.75 Å². The Bertz CT molecular complexity index is 1060. The Morgan fingerprint density at radius 1 is 1.07 bits per heavy atom. The summed E-state index contributed by atoms with van der Waals surface area (Å²) in [4.78, 5) is 12.1. The molecule has 0 atom stereocenters. The zero-order chi connectivity index (χ0) is 21.5. The third-order valence-corrected chi connectivity index (χ3v) is 5.15. The van der Waals surface area contributed by atoms with E-state index in [9.17, 15) is 4.79 Å². The fourth-order valence-electron chi connectivity index (χ4n) is 3.11. The van der Waals surface area contributed by atoms with E-state index in [4.69, 9.17) is 21.1 Å². The second-order valence-electron chi connectivity index (χ2n) is 6.95. The summed E-state index contributed by atoms with van der Waals surface area (Å²) in [5, 5.41) is 5.28. The van der Waals surface area contributed by atoms with Crippen molar-refractivity contribution in [3.05, 3.63) is 87.7 Å². The van der Waals surface area contributed by atoms with E-state index in [0.717, 1.165) is 33.8 Å². The maximum atomic E-state index is 12.1. The second-order valence-corrected chi connectivity index (χ2v) is 7.36. The van der Waals surface area contributed by atoms with Gasteiger partial charge in [0, 0.05) is 22.4 Å². The molecule has 6 heteroatoms. The van der Waals surface area contributed by atoms with E-state index in [1.165, 1.54) is 6.08 Å². The Balaban J connectivity index is 1.55. The molecule has 0 radical (unpaired) electrons. The molecule has 5 nitrogen and oxygen atoms in total. The Kier molecular flexibility index (Phi) is 7.31. The topological polar surface area (TPSA) is 53.4 Å². The fraction of sp³-hybridized carbons (Fsp3) is 0.250. The largest absolute Gasteiger partial charge is 0.490 e. The molecular formula is C24H25ClN2O3. The summed E-state index contributed by atoms with van der Waals surface area (Å²) < 4.78 is 12.7. The van der Waals surface area contributed by atoms with Crippen LogP contribution >= 0.6 is 11.6 Å². The first-order valence-electron chi connectivity index (χ1n) is 9.76. The van der Waals surface area contributed by atoms with Crippen molar-refractivity contribution in [2.45, 2.75) is 27.3 Å². The van der Waals surface area contributed by atoms with E-state index in [1.807, 2.05) is 74.0 Å². The highest BCUT2D eigenvalue weighted by molar-refractivity contribution is 6.31. The van der Waals surface area contributed by atoms with Gasteiger partial charge in [-0.05, 0) is 50.1 Å². The van der Waals surface area contributed by atoms with Crippen LogP contribution in [0, 0.1) is 20.8 Å². The van der Waals surface area contributed by atoms with Crippen LogP contribution in [0.3, 0.4) is 0 Å². The maximum Gasteiger partial charge on any atom is 0.330 e. The van der Waals surface area contributed by atoms with E-state index in [1.54, 1.807) is 6.08 Å². The van der Waals surface area contributed by atoms with Crippen molar-refractivity contribution in [2.75, 3.05) is 13.2 Å². The van der Waals surface area contributed by atoms with Gasteiger partial charge in [-0.3, -0.25) is 4.68 Å². The molecule has 2 aromatic carbocycles. The number of aromatic nitrogens is 2. The minimum atomic E-state index is -0.416. The average Bonchev–Trinajstić information content (AvgIpc) is 2.99. The number of esters is 1. The molecule has 0 fully saturated rings. The quantitative estimate of drug-likeness (QED) is 0.285. The molecule has 30 heavy (non-hydrogen) atoms. The van der Waals surface area contributed by atoms with Crippen LogP contribution in [0.4, 0.5) is 0 Å². The summed E-state index contributed by atoms with van der Waals surface area (Å²) in [7, 11) is 0. The molecule has 0 aliphatic rings. The molecule has 0 unspecified atom stereocenters. The molecule has 1 heterocycles. The molecule has 0 saturated heterocycles. The third-order valence-electron chi connectivity index (χ3n) is 4.78. The van der Waals surface area contributed by atoms with E-state index in [2.05, 4.69) is 5.10 Å². The van der Waals surface area contributed by atoms with Gasteiger partial charge >= 0.3 is 5.97 Å². The van der Waals surface area contributed by atoms with Gasteiger partial charge in [0.2, 0.25) is 0 Å². The molecular weight excluding hydrogens is 400 g/mol. The number of hydrogen-bond acceptors (Lipinski definition) is 4. The van der Waals surface area contributed by atoms with Crippen LogP contribution in [0.2, 0.25) is 5.02 Å². The van der Waals surface area contributed by atoms with Crippen molar-refractivity contribution < 1.29 is 14.3 Å². The van der Waals surface area contributed by atoms with Crippen molar-refractivity contribution in [2.24, 2.45) is 0 Å². The van der Waals surface area contributed by atoms with Gasteiger partial charge in [-0.15, -0.1) is 0 Å². The van der Waals surface area contributed by atoms with Gasteiger partial charge in [0.15, 0.2) is 0 Å². The minimum Gasteiger partial charge on any atom is -0.490 e. The Morgan fingerprint density at radius 2 is 1.80 bits per heavy atom. The van der Waals surface area contributed by atoms with E-state index < -0.39 is 5.97 Å². The van der Waals surface area contributed by atoms with Crippen molar-refractivity contribution in [1.29, 1.82) is 0 Å². The molecule has 0 bridgehead atoms. The van der Waals surface area contributed by atoms with Crippen LogP contribution in [-0.2, 0) is 16.1 Å². The molecule has 0 amide bonds. The summed E-state index contributed by atoms with van der Waals surface area (Å²) in [6.07, 6.45) is 3.16. The van der Waals surface area contributed by atoms with Gasteiger partial charge in [0.1, 0.15) is 19.0 Å². The summed E-state index contributed by atoms with van der Waals surface area (Å²) in [5.41, 5.74) is 4.73. The monoisotopic (exact) mass is 424 g/mol. The normalized spacial score (nSPS) is 11.1. The highest BCUT2D eigenvalue weighted by Gasteiger charge is 2.11. The summed E-state index contributed by atoms with van der Waals surface area (Å²) >= 11 is 6.26. The van der Waals surface area contributed by atoms with Crippen LogP contribution in [0.25, 0.3) is 6.08 Å². The Hall–Kier alpha value is -3.05. The lowest BCUT2D eigenvalue weighted by molar-refractivity contribution is -0.138. The van der Waals surface area contributed by atoms with Crippen LogP contribution < -0.4 is 4.74 Å². The van der Waals surface area contributed by atoms with Gasteiger partial charge in [-0.1, -0.05) is 48.0 Å². The van der Waals surface area contributed by atoms with Crippen LogP contribution in [0.5, 0.6) is 5.75 Å². The number of carbonyl (C=O) groups is 1. The minimum absolute atomic E-state index is 0.182. The number of benzene rings is 2. The predicted octanol–water partition coefficient (Wildman–Crippen LogP) is 5.15. The third kappa shape index (κ3) is 5.51. The molecule has 0 aliphatic heterocycles. The van der Waals surface area contributed by atoms with E-state index >= 15 is 0 Å². The van der Waals surface area contributed by atoms with Crippen molar-refractivity contribution in [1.82, 2.24) is 9.78 Å². The summed E-state index contributed by atoms with van der Waals surface area (Å²) in [6, 6.07) is 15.4. The molecule has 3 rings (SSSR count). The van der Waals surface area contributed by atoms with E-state index in [-0.39, 0.29) is 6.61 Å². The smallest absolute Gasteiger partial charge is 0.330 e. The fourth-order valence-corrected chi connectivity index (χ4v) is 3.30. The van der Waals surface area contributed by atoms with Gasteiger partial charge in [-0.2, -0.15) is 5.10 Å². The van der Waals surface area contributed by atoms with Crippen molar-refractivity contribution >= 4 is 23.6 Å². The SMILES string of the molecule is Cc1ccccc1OCCOC(=O)/C=C/c1c(C)nn(Cc2ccccc2Cl)c1C. The molecule has 156 valence electrons. The summed E-state index contributed by atoms with van der Waals surface area (Å²) in [6.45, 7) is 6.91. The first-order chi connectivity index (χ1) is 14.5. The molecule has 3 aromatic rings. The maximum absolute atomic E-state index is 12.1. The van der Waals surface area contributed by atoms with Gasteiger partial charge in [-0.25, -0.2) is 4.79 Å². The number of rotatable bonds is 8. The average molecular weight is 425 g/mol. The number of hydrogen-bond donors (Lipinski definition) is 0. The number of ether oxygens (including phenoxy) is 2. The van der Waals surface area contributed by atoms with Crippen LogP contribution in [0.1, 0.15) is 28.1 Å². The van der Waals surface area contributed by atoms with Gasteiger partial charge in [0.05, 0.1) is 12.2 Å². The first-order valence-corrected chi connectivity index (χ1v) is 10.1. The first kappa shape index (κ1) is 21.7. The highest BCUT2D eigenvalue weighted by Crippen LogP contribution is 2.20. The van der Waals surface area contributed by atoms with Crippen LogP contribution in [0.15, 0.2) is 54.6 Å². The standard InChI is InChI=1S/C24H25ClN2O3/c1-17-8-4-7-11-23(17)29-14-15-30-24(28)13-12-21-18(2)26-27(19(21)3)16-20-9-5-6-10-22(20)25/h4-13H,14-16H2,1-3H3/b13-12+. The lowest BCUT2D eigenvalue weighted by Gasteiger charge is -2.08. The number of para-hydroxylation sites is 1. The Morgan fingerprint density at radius 3 is 2.57 bits per heavy atom. The summed E-state index contributed by atoms with van der Waals surface area (Å²) in [5.74, 6) is 0.377. The van der Waals surface area contributed by atoms with Gasteiger partial charge < -0.3 is 9.47 Å². The van der Waals surface area contributed by atoms with Gasteiger partial charge in [0.25, 0.3) is 0 Å². The lowest BCUT2D eigenvalue weighted by Crippen LogP contribution is -2.10. The molecule has 1 aromatic heterocycles. The van der Waals surface area contributed by atoms with Crippen molar-refractivity contribution in [3.63, 3.8) is 0 Å².